The van der Waals surface area contributed by atoms with E-state index in [0.717, 1.165) is 24.4 Å². The number of nitriles is 1. The Balaban J connectivity index is 1.66. The van der Waals surface area contributed by atoms with E-state index in [4.69, 9.17) is 0 Å². The van der Waals surface area contributed by atoms with Crippen molar-refractivity contribution in [2.45, 2.75) is 26.8 Å². The molecule has 3 heterocycles. The summed E-state index contributed by atoms with van der Waals surface area (Å²) in [6.45, 7) is 6.96. The maximum Gasteiger partial charge on any atom is 0.244 e. The molecule has 1 aliphatic heterocycles. The molecule has 0 bridgehead atoms. The summed E-state index contributed by atoms with van der Waals surface area (Å²) in [5, 5.41) is 13.6. The van der Waals surface area contributed by atoms with Gasteiger partial charge in [0.1, 0.15) is 18.4 Å². The van der Waals surface area contributed by atoms with Crippen LogP contribution in [-0.4, -0.2) is 51.8 Å². The van der Waals surface area contributed by atoms with Crippen LogP contribution in [0, 0.1) is 25.2 Å². The van der Waals surface area contributed by atoms with E-state index in [1.165, 1.54) is 0 Å². The number of nitrogens with zero attached hydrogens (tertiary/aromatic N) is 6. The van der Waals surface area contributed by atoms with Crippen molar-refractivity contribution < 1.29 is 4.79 Å². The largest absolute Gasteiger partial charge is 0.354 e. The first kappa shape index (κ1) is 17.0. The van der Waals surface area contributed by atoms with Crippen LogP contribution in [0.5, 0.6) is 0 Å². The molecule has 2 aromatic heterocycles. The van der Waals surface area contributed by atoms with E-state index >= 15 is 0 Å². The van der Waals surface area contributed by atoms with Crippen LogP contribution in [0.25, 0.3) is 0 Å². The number of aromatic nitrogens is 3. The highest BCUT2D eigenvalue weighted by Gasteiger charge is 2.22. The zero-order valence-corrected chi connectivity index (χ0v) is 14.6. The molecular weight excluding hydrogens is 316 g/mol. The Kier molecular flexibility index (Phi) is 4.98. The molecule has 25 heavy (non-hydrogen) atoms. The second kappa shape index (κ2) is 7.34. The van der Waals surface area contributed by atoms with E-state index in [9.17, 15) is 10.1 Å². The van der Waals surface area contributed by atoms with Gasteiger partial charge in [-0.3, -0.25) is 9.48 Å². The lowest BCUT2D eigenvalue weighted by atomic mass is 10.2. The predicted octanol–water partition coefficient (Wildman–Crippen LogP) is 1.51. The van der Waals surface area contributed by atoms with Gasteiger partial charge in [-0.1, -0.05) is 0 Å². The summed E-state index contributed by atoms with van der Waals surface area (Å²) in [7, 11) is 0. The van der Waals surface area contributed by atoms with Crippen molar-refractivity contribution >= 4 is 11.7 Å². The van der Waals surface area contributed by atoms with Crippen molar-refractivity contribution in [3.8, 4) is 6.07 Å². The molecule has 1 fully saturated rings. The van der Waals surface area contributed by atoms with Crippen LogP contribution in [0.3, 0.4) is 0 Å². The van der Waals surface area contributed by atoms with Gasteiger partial charge in [0.25, 0.3) is 0 Å². The molecule has 2 aromatic rings. The number of aryl methyl sites for hydroxylation is 2. The Labute approximate surface area is 147 Å². The molecule has 0 radical (unpaired) electrons. The Morgan fingerprint density at radius 2 is 2.12 bits per heavy atom. The van der Waals surface area contributed by atoms with E-state index in [-0.39, 0.29) is 12.5 Å². The molecule has 7 heteroatoms. The fraction of sp³-hybridized carbons (Fsp3) is 0.444. The molecular formula is C18H22N6O. The van der Waals surface area contributed by atoms with Crippen LogP contribution in [0.2, 0.25) is 0 Å². The minimum absolute atomic E-state index is 0.0783. The van der Waals surface area contributed by atoms with Crippen molar-refractivity contribution in [1.82, 2.24) is 19.7 Å². The predicted molar refractivity (Wildman–Crippen MR) is 94.1 cm³/mol. The van der Waals surface area contributed by atoms with Crippen molar-refractivity contribution in [2.24, 2.45) is 0 Å². The number of amides is 1. The fourth-order valence-corrected chi connectivity index (χ4v) is 3.18. The Bertz CT molecular complexity index is 806. The van der Waals surface area contributed by atoms with Gasteiger partial charge in [0.2, 0.25) is 5.91 Å². The third kappa shape index (κ3) is 3.79. The van der Waals surface area contributed by atoms with Crippen LogP contribution in [0.4, 0.5) is 5.82 Å². The minimum Gasteiger partial charge on any atom is -0.354 e. The Hall–Kier alpha value is -2.88. The van der Waals surface area contributed by atoms with Gasteiger partial charge >= 0.3 is 0 Å². The zero-order valence-electron chi connectivity index (χ0n) is 14.6. The smallest absolute Gasteiger partial charge is 0.244 e. The summed E-state index contributed by atoms with van der Waals surface area (Å²) in [6, 6.07) is 7.71. The lowest BCUT2D eigenvalue weighted by molar-refractivity contribution is -0.131. The SMILES string of the molecule is Cc1cc(C)n(CC(=O)N2CCCN(c3ncccc3C#N)CC2)n1. The number of anilines is 1. The monoisotopic (exact) mass is 338 g/mol. The molecule has 0 aliphatic carbocycles. The van der Waals surface area contributed by atoms with E-state index in [2.05, 4.69) is 21.1 Å². The molecule has 0 aromatic carbocycles. The van der Waals surface area contributed by atoms with Crippen LogP contribution in [-0.2, 0) is 11.3 Å². The van der Waals surface area contributed by atoms with Gasteiger partial charge in [0.15, 0.2) is 0 Å². The number of carbonyl (C=O) groups is 1. The highest BCUT2D eigenvalue weighted by atomic mass is 16.2. The number of hydrogen-bond donors (Lipinski definition) is 0. The number of hydrogen-bond acceptors (Lipinski definition) is 5. The average molecular weight is 338 g/mol. The number of pyridine rings is 1. The summed E-state index contributed by atoms with van der Waals surface area (Å²) < 4.78 is 1.76. The van der Waals surface area contributed by atoms with Crippen molar-refractivity contribution in [3.05, 3.63) is 41.3 Å². The third-order valence-corrected chi connectivity index (χ3v) is 4.44. The molecule has 130 valence electrons. The average Bonchev–Trinajstić information content (AvgIpc) is 2.80. The molecule has 0 N–H and O–H groups in total. The standard InChI is InChI=1S/C18H22N6O/c1-14-11-15(2)24(21-14)13-17(25)22-7-4-8-23(10-9-22)18-16(12-19)5-3-6-20-18/h3,5-6,11H,4,7-10,13H2,1-2H3. The normalized spacial score (nSPS) is 14.9. The van der Waals surface area contributed by atoms with Gasteiger partial charge in [0.05, 0.1) is 11.3 Å². The highest BCUT2D eigenvalue weighted by Crippen LogP contribution is 2.18. The zero-order chi connectivity index (χ0) is 17.8. The fourth-order valence-electron chi connectivity index (χ4n) is 3.18. The van der Waals surface area contributed by atoms with Crippen molar-refractivity contribution in [2.75, 3.05) is 31.1 Å². The minimum atomic E-state index is 0.0783. The summed E-state index contributed by atoms with van der Waals surface area (Å²) in [5.74, 6) is 0.785. The lowest BCUT2D eigenvalue weighted by Crippen LogP contribution is -2.37. The second-order valence-corrected chi connectivity index (χ2v) is 6.29. The molecule has 1 amide bonds. The summed E-state index contributed by atoms with van der Waals surface area (Å²) in [6.07, 6.45) is 2.55. The van der Waals surface area contributed by atoms with E-state index in [0.29, 0.717) is 31.0 Å². The first-order valence-corrected chi connectivity index (χ1v) is 8.47. The molecule has 0 spiro atoms. The van der Waals surface area contributed by atoms with Crippen molar-refractivity contribution in [1.29, 1.82) is 5.26 Å². The molecule has 7 nitrogen and oxygen atoms in total. The number of carbonyl (C=O) groups excluding carboxylic acids is 1. The first-order chi connectivity index (χ1) is 12.1. The Morgan fingerprint density at radius 3 is 2.84 bits per heavy atom. The van der Waals surface area contributed by atoms with Crippen molar-refractivity contribution in [3.63, 3.8) is 0 Å². The van der Waals surface area contributed by atoms with Gasteiger partial charge in [-0.25, -0.2) is 4.98 Å². The third-order valence-electron chi connectivity index (χ3n) is 4.44. The molecule has 0 atom stereocenters. The van der Waals surface area contributed by atoms with Crippen LogP contribution < -0.4 is 4.90 Å². The summed E-state index contributed by atoms with van der Waals surface area (Å²) >= 11 is 0. The van der Waals surface area contributed by atoms with Gasteiger partial charge in [-0.2, -0.15) is 10.4 Å². The first-order valence-electron chi connectivity index (χ1n) is 8.47. The highest BCUT2D eigenvalue weighted by molar-refractivity contribution is 5.76. The van der Waals surface area contributed by atoms with Gasteiger partial charge in [0, 0.05) is 38.1 Å². The Morgan fingerprint density at radius 1 is 1.28 bits per heavy atom. The molecule has 0 saturated carbocycles. The second-order valence-electron chi connectivity index (χ2n) is 6.29. The molecule has 1 aliphatic rings. The molecule has 0 unspecified atom stereocenters. The summed E-state index contributed by atoms with van der Waals surface area (Å²) in [4.78, 5) is 21.0. The van der Waals surface area contributed by atoms with Crippen LogP contribution in [0.1, 0.15) is 23.4 Å². The summed E-state index contributed by atoms with van der Waals surface area (Å²) in [5.41, 5.74) is 2.49. The van der Waals surface area contributed by atoms with Gasteiger partial charge in [-0.15, -0.1) is 0 Å². The van der Waals surface area contributed by atoms with Crippen LogP contribution in [0.15, 0.2) is 24.4 Å². The van der Waals surface area contributed by atoms with Crippen LogP contribution >= 0.6 is 0 Å². The maximum absolute atomic E-state index is 12.6. The lowest BCUT2D eigenvalue weighted by Gasteiger charge is -2.23. The van der Waals surface area contributed by atoms with Gasteiger partial charge in [-0.05, 0) is 38.5 Å². The molecule has 3 rings (SSSR count). The maximum atomic E-state index is 12.6. The number of rotatable bonds is 3. The quantitative estimate of drug-likeness (QED) is 0.847. The van der Waals surface area contributed by atoms with Gasteiger partial charge < -0.3 is 9.80 Å². The molecule has 1 saturated heterocycles. The van der Waals surface area contributed by atoms with E-state index in [1.54, 1.807) is 23.0 Å². The topological polar surface area (TPSA) is 78.0 Å². The van der Waals surface area contributed by atoms with E-state index in [1.807, 2.05) is 24.8 Å². The van der Waals surface area contributed by atoms with E-state index < -0.39 is 0 Å².